The Bertz CT molecular complexity index is 1250. The first-order valence-corrected chi connectivity index (χ1v) is 10.7. The molecule has 29 heavy (non-hydrogen) atoms. The third-order valence-electron chi connectivity index (χ3n) is 3.75. The van der Waals surface area contributed by atoms with Gasteiger partial charge in [0.1, 0.15) is 5.15 Å². The topological polar surface area (TPSA) is 94.3 Å². The van der Waals surface area contributed by atoms with Gasteiger partial charge in [0.15, 0.2) is 22.4 Å². The van der Waals surface area contributed by atoms with E-state index in [0.29, 0.717) is 11.1 Å². The van der Waals surface area contributed by atoms with E-state index in [1.807, 2.05) is 0 Å². The van der Waals surface area contributed by atoms with Crippen LogP contribution < -0.4 is 9.46 Å². The van der Waals surface area contributed by atoms with E-state index in [1.165, 1.54) is 37.1 Å². The molecule has 0 fully saturated rings. The molecule has 0 saturated carbocycles. The maximum absolute atomic E-state index is 14.6. The summed E-state index contributed by atoms with van der Waals surface area (Å²) in [4.78, 5) is 7.54. The number of ether oxygens (including phenoxy) is 1. The van der Waals surface area contributed by atoms with Crippen LogP contribution in [0.3, 0.4) is 0 Å². The van der Waals surface area contributed by atoms with Crippen LogP contribution in [0.2, 0.25) is 5.15 Å². The van der Waals surface area contributed by atoms with E-state index >= 15 is 0 Å². The Morgan fingerprint density at radius 1 is 1.17 bits per heavy atom. The second kappa shape index (κ2) is 7.82. The average molecular weight is 452 g/mol. The number of pyridine rings is 1. The highest BCUT2D eigenvalue weighted by molar-refractivity contribution is 7.93. The Kier molecular flexibility index (Phi) is 5.22. The number of benzene rings is 1. The van der Waals surface area contributed by atoms with Crippen molar-refractivity contribution in [2.45, 2.75) is 4.90 Å². The molecule has 148 valence electrons. The van der Waals surface area contributed by atoms with Crippen molar-refractivity contribution in [3.63, 3.8) is 0 Å². The van der Waals surface area contributed by atoms with Gasteiger partial charge in [-0.1, -0.05) is 11.6 Å². The number of hydrogen-bond acceptors (Lipinski definition) is 7. The lowest BCUT2D eigenvalue weighted by Gasteiger charge is -2.12. The molecule has 0 spiro atoms. The van der Waals surface area contributed by atoms with Gasteiger partial charge >= 0.3 is 0 Å². The second-order valence-electron chi connectivity index (χ2n) is 5.65. The van der Waals surface area contributed by atoms with Crippen molar-refractivity contribution < 1.29 is 22.0 Å². The molecule has 0 aliphatic heterocycles. The zero-order chi connectivity index (χ0) is 20.4. The summed E-state index contributed by atoms with van der Waals surface area (Å²) >= 11 is 7.06. The van der Waals surface area contributed by atoms with Gasteiger partial charge < -0.3 is 9.15 Å². The summed E-state index contributed by atoms with van der Waals surface area (Å²) in [6, 6.07) is 6.56. The number of halogens is 2. The molecule has 1 N–H and O–H groups in total. The number of nitrogens with one attached hydrogen (secondary N) is 1. The highest BCUT2D eigenvalue weighted by Gasteiger charge is 2.19. The number of thiazole rings is 1. The van der Waals surface area contributed by atoms with Gasteiger partial charge in [0.25, 0.3) is 10.0 Å². The van der Waals surface area contributed by atoms with Gasteiger partial charge in [-0.25, -0.2) is 22.8 Å². The van der Waals surface area contributed by atoms with Crippen molar-refractivity contribution in [1.29, 1.82) is 0 Å². The largest absolute Gasteiger partial charge is 0.472 e. The lowest BCUT2D eigenvalue weighted by Crippen LogP contribution is -2.13. The molecule has 4 rings (SSSR count). The fourth-order valence-corrected chi connectivity index (χ4v) is 4.40. The molecule has 0 bridgehead atoms. The number of furan rings is 1. The molecule has 7 nitrogen and oxygen atoms in total. The highest BCUT2D eigenvalue weighted by Crippen LogP contribution is 2.36. The molecule has 11 heteroatoms. The number of hydrogen-bond donors (Lipinski definition) is 1. The molecule has 0 unspecified atom stereocenters. The van der Waals surface area contributed by atoms with Crippen LogP contribution in [-0.4, -0.2) is 18.4 Å². The number of aromatic nitrogens is 2. The lowest BCUT2D eigenvalue weighted by atomic mass is 10.1. The van der Waals surface area contributed by atoms with Crippen molar-refractivity contribution in [2.24, 2.45) is 0 Å². The molecule has 0 aliphatic rings. The average Bonchev–Trinajstić information content (AvgIpc) is 3.38. The Morgan fingerprint density at radius 2 is 2.03 bits per heavy atom. The Balaban J connectivity index is 1.63. The molecule has 3 aromatic heterocycles. The molecule has 1 aromatic carbocycles. The minimum atomic E-state index is -3.98. The van der Waals surface area contributed by atoms with Gasteiger partial charge in [-0.3, -0.25) is 4.72 Å². The molecule has 0 radical (unpaired) electrons. The van der Waals surface area contributed by atoms with Crippen molar-refractivity contribution in [3.05, 3.63) is 71.6 Å². The van der Waals surface area contributed by atoms with E-state index in [-0.39, 0.29) is 26.7 Å². The first-order chi connectivity index (χ1) is 13.9. The summed E-state index contributed by atoms with van der Waals surface area (Å²) in [6.07, 6.45) is 5.76. The van der Waals surface area contributed by atoms with Gasteiger partial charge in [-0.2, -0.15) is 0 Å². The van der Waals surface area contributed by atoms with Gasteiger partial charge in [-0.05, 0) is 30.3 Å². The minimum Gasteiger partial charge on any atom is -0.472 e. The second-order valence-corrected chi connectivity index (χ2v) is 8.62. The maximum atomic E-state index is 14.6. The SMILES string of the molecule is O=S(=O)(Nc1nccs1)c1ccc(Oc2cnc(Cl)cc2-c2ccoc2)c(F)c1. The zero-order valence-electron chi connectivity index (χ0n) is 14.4. The van der Waals surface area contributed by atoms with Crippen LogP contribution in [0.1, 0.15) is 0 Å². The smallest absolute Gasteiger partial charge is 0.263 e. The normalized spacial score (nSPS) is 11.4. The quantitative estimate of drug-likeness (QED) is 0.406. The molecule has 0 amide bonds. The predicted octanol–water partition coefficient (Wildman–Crippen LogP) is 5.18. The van der Waals surface area contributed by atoms with E-state index in [0.717, 1.165) is 17.4 Å². The number of nitrogens with zero attached hydrogens (tertiary/aromatic N) is 2. The van der Waals surface area contributed by atoms with E-state index in [4.69, 9.17) is 20.8 Å². The van der Waals surface area contributed by atoms with Crippen molar-refractivity contribution in [2.75, 3.05) is 4.72 Å². The number of rotatable bonds is 6. The van der Waals surface area contributed by atoms with Crippen molar-refractivity contribution in [1.82, 2.24) is 9.97 Å². The molecule has 0 saturated heterocycles. The van der Waals surface area contributed by atoms with E-state index in [1.54, 1.807) is 17.5 Å². The van der Waals surface area contributed by atoms with E-state index < -0.39 is 15.8 Å². The van der Waals surface area contributed by atoms with Crippen LogP contribution in [0.5, 0.6) is 11.5 Å². The minimum absolute atomic E-state index is 0.174. The summed E-state index contributed by atoms with van der Waals surface area (Å²) in [5.74, 6) is -0.807. The Labute approximate surface area is 173 Å². The summed E-state index contributed by atoms with van der Waals surface area (Å²) in [5.41, 5.74) is 1.21. The number of sulfonamides is 1. The molecule has 4 aromatic rings. The van der Waals surface area contributed by atoms with E-state index in [9.17, 15) is 12.8 Å². The summed E-state index contributed by atoms with van der Waals surface area (Å²) in [7, 11) is -3.98. The fourth-order valence-electron chi connectivity index (χ4n) is 2.44. The first kappa shape index (κ1) is 19.4. The van der Waals surface area contributed by atoms with Gasteiger partial charge in [0, 0.05) is 22.7 Å². The number of anilines is 1. The fraction of sp³-hybridized carbons (Fsp3) is 0. The predicted molar refractivity (Wildman–Crippen MR) is 106 cm³/mol. The molecular weight excluding hydrogens is 441 g/mol. The first-order valence-electron chi connectivity index (χ1n) is 8.00. The van der Waals surface area contributed by atoms with Crippen LogP contribution in [0.15, 0.2) is 69.9 Å². The van der Waals surface area contributed by atoms with Crippen molar-refractivity contribution in [3.8, 4) is 22.6 Å². The molecule has 3 heterocycles. The van der Waals surface area contributed by atoms with Crippen LogP contribution in [0.25, 0.3) is 11.1 Å². The lowest BCUT2D eigenvalue weighted by molar-refractivity contribution is 0.440. The zero-order valence-corrected chi connectivity index (χ0v) is 16.8. The molecule has 0 aliphatic carbocycles. The van der Waals surface area contributed by atoms with E-state index in [2.05, 4.69) is 14.7 Å². The Morgan fingerprint density at radius 3 is 2.72 bits per heavy atom. The molecule has 0 atom stereocenters. The van der Waals surface area contributed by atoms with Gasteiger partial charge in [0.2, 0.25) is 0 Å². The third-order valence-corrected chi connectivity index (χ3v) is 6.11. The monoisotopic (exact) mass is 451 g/mol. The van der Waals surface area contributed by atoms with Crippen molar-refractivity contribution >= 4 is 38.1 Å². The van der Waals surface area contributed by atoms with Crippen LogP contribution >= 0.6 is 22.9 Å². The summed E-state index contributed by atoms with van der Waals surface area (Å²) in [6.45, 7) is 0. The highest BCUT2D eigenvalue weighted by atomic mass is 35.5. The maximum Gasteiger partial charge on any atom is 0.263 e. The third kappa shape index (κ3) is 4.24. The standard InChI is InChI=1S/C18H11ClFN3O4S2/c19-17-8-13(11-3-5-26-10-11)16(9-22-17)27-15-2-1-12(7-14(15)20)29(24,25)23-18-21-4-6-28-18/h1-10H,(H,21,23). The van der Waals surface area contributed by atoms with Gasteiger partial charge in [-0.15, -0.1) is 11.3 Å². The summed E-state index contributed by atoms with van der Waals surface area (Å²) < 4.78 is 52.3. The molecular formula is C18H11ClFN3O4S2. The summed E-state index contributed by atoms with van der Waals surface area (Å²) in [5, 5.41) is 2.03. The van der Waals surface area contributed by atoms with Crippen LogP contribution in [-0.2, 0) is 10.0 Å². The Hall–Kier alpha value is -2.95. The van der Waals surface area contributed by atoms with Crippen LogP contribution in [0, 0.1) is 5.82 Å². The van der Waals surface area contributed by atoms with Gasteiger partial charge in [0.05, 0.1) is 23.6 Å². The van der Waals surface area contributed by atoms with Crippen LogP contribution in [0.4, 0.5) is 9.52 Å².